The van der Waals surface area contributed by atoms with E-state index in [0.29, 0.717) is 12.6 Å². The Hall–Kier alpha value is -1.19. The van der Waals surface area contributed by atoms with Crippen molar-refractivity contribution in [1.82, 2.24) is 20.5 Å². The Morgan fingerprint density at radius 3 is 2.75 bits per heavy atom. The summed E-state index contributed by atoms with van der Waals surface area (Å²) in [7, 11) is 1.84. The molecule has 152 valence electrons. The van der Waals surface area contributed by atoms with Crippen LogP contribution in [0.5, 0.6) is 0 Å². The van der Waals surface area contributed by atoms with E-state index in [4.69, 9.17) is 4.98 Å². The van der Waals surface area contributed by atoms with Gasteiger partial charge in [-0.3, -0.25) is 9.89 Å². The molecule has 1 saturated heterocycles. The fourth-order valence-corrected chi connectivity index (χ4v) is 5.00. The summed E-state index contributed by atoms with van der Waals surface area (Å²) in [5.41, 5.74) is 2.23. The quantitative estimate of drug-likeness (QED) is 0.361. The SMILES string of the molecule is CN=C(NCc1csc(-c2ccccc2)n1)NC1CCN(C2CCCC2)C1.I. The lowest BCUT2D eigenvalue weighted by molar-refractivity contribution is 0.242. The van der Waals surface area contributed by atoms with E-state index in [1.807, 2.05) is 13.1 Å². The Morgan fingerprint density at radius 1 is 1.21 bits per heavy atom. The van der Waals surface area contributed by atoms with Crippen molar-refractivity contribution < 1.29 is 0 Å². The highest BCUT2D eigenvalue weighted by molar-refractivity contribution is 14.0. The predicted molar refractivity (Wildman–Crippen MR) is 129 cm³/mol. The average molecular weight is 511 g/mol. The van der Waals surface area contributed by atoms with Gasteiger partial charge in [-0.1, -0.05) is 43.2 Å². The molecular formula is C21H30IN5S. The molecule has 2 heterocycles. The van der Waals surface area contributed by atoms with Crippen molar-refractivity contribution in [2.45, 2.75) is 50.7 Å². The summed E-state index contributed by atoms with van der Waals surface area (Å²) in [5, 5.41) is 10.2. The second-order valence-corrected chi connectivity index (χ2v) is 8.36. The van der Waals surface area contributed by atoms with E-state index in [-0.39, 0.29) is 24.0 Å². The molecule has 2 aromatic rings. The topological polar surface area (TPSA) is 52.6 Å². The van der Waals surface area contributed by atoms with E-state index in [0.717, 1.165) is 29.2 Å². The van der Waals surface area contributed by atoms with Crippen molar-refractivity contribution in [3.63, 3.8) is 0 Å². The van der Waals surface area contributed by atoms with Crippen LogP contribution in [0.4, 0.5) is 0 Å². The molecule has 1 unspecified atom stereocenters. The normalized spacial score (nSPS) is 20.9. The molecule has 0 bridgehead atoms. The van der Waals surface area contributed by atoms with Crippen LogP contribution in [0.1, 0.15) is 37.8 Å². The summed E-state index contributed by atoms with van der Waals surface area (Å²) in [6, 6.07) is 11.7. The Kier molecular flexibility index (Phi) is 8.11. The molecule has 0 radical (unpaired) electrons. The number of nitrogens with one attached hydrogen (secondary N) is 2. The van der Waals surface area contributed by atoms with Crippen molar-refractivity contribution in [2.24, 2.45) is 4.99 Å². The van der Waals surface area contributed by atoms with E-state index in [1.54, 1.807) is 11.3 Å². The van der Waals surface area contributed by atoms with Crippen LogP contribution in [0, 0.1) is 0 Å². The number of rotatable bonds is 5. The Balaban J connectivity index is 0.00000225. The van der Waals surface area contributed by atoms with Crippen molar-refractivity contribution in [1.29, 1.82) is 0 Å². The highest BCUT2D eigenvalue weighted by Gasteiger charge is 2.30. The van der Waals surface area contributed by atoms with E-state index in [2.05, 4.69) is 50.2 Å². The van der Waals surface area contributed by atoms with Crippen LogP contribution in [0.15, 0.2) is 40.7 Å². The number of guanidine groups is 1. The maximum atomic E-state index is 4.75. The molecule has 1 aromatic carbocycles. The molecule has 1 atom stereocenters. The fourth-order valence-electron chi connectivity index (χ4n) is 4.17. The van der Waals surface area contributed by atoms with Gasteiger partial charge < -0.3 is 10.6 Å². The average Bonchev–Trinajstić information content (AvgIpc) is 3.47. The van der Waals surface area contributed by atoms with Crippen LogP contribution >= 0.6 is 35.3 Å². The number of aliphatic imine (C=N–C) groups is 1. The van der Waals surface area contributed by atoms with E-state index in [1.165, 1.54) is 44.2 Å². The van der Waals surface area contributed by atoms with Crippen molar-refractivity contribution in [3.05, 3.63) is 41.4 Å². The van der Waals surface area contributed by atoms with Gasteiger partial charge in [0.15, 0.2) is 5.96 Å². The molecule has 28 heavy (non-hydrogen) atoms. The first kappa shape index (κ1) is 21.5. The van der Waals surface area contributed by atoms with Crippen LogP contribution in [0.3, 0.4) is 0 Å². The molecule has 1 saturated carbocycles. The number of likely N-dealkylation sites (tertiary alicyclic amines) is 1. The minimum Gasteiger partial charge on any atom is -0.352 e. The first-order chi connectivity index (χ1) is 13.3. The summed E-state index contributed by atoms with van der Waals surface area (Å²) >= 11 is 1.69. The monoisotopic (exact) mass is 511 g/mol. The van der Waals surface area contributed by atoms with Crippen molar-refractivity contribution in [3.8, 4) is 10.6 Å². The number of benzene rings is 1. The first-order valence-corrected chi connectivity index (χ1v) is 10.9. The molecule has 0 spiro atoms. The van der Waals surface area contributed by atoms with Gasteiger partial charge in [0, 0.05) is 43.2 Å². The molecule has 0 amide bonds. The molecular weight excluding hydrogens is 481 g/mol. The van der Waals surface area contributed by atoms with Gasteiger partial charge in [0.05, 0.1) is 12.2 Å². The van der Waals surface area contributed by atoms with Gasteiger partial charge in [-0.2, -0.15) is 0 Å². The summed E-state index contributed by atoms with van der Waals surface area (Å²) in [5.74, 6) is 0.877. The van der Waals surface area contributed by atoms with Gasteiger partial charge in [-0.25, -0.2) is 4.98 Å². The molecule has 4 rings (SSSR count). The highest BCUT2D eigenvalue weighted by Crippen LogP contribution is 2.26. The minimum absolute atomic E-state index is 0. The lowest BCUT2D eigenvalue weighted by atomic mass is 10.2. The highest BCUT2D eigenvalue weighted by atomic mass is 127. The van der Waals surface area contributed by atoms with E-state index in [9.17, 15) is 0 Å². The number of halogens is 1. The zero-order valence-electron chi connectivity index (χ0n) is 16.4. The van der Waals surface area contributed by atoms with Crippen molar-refractivity contribution >= 4 is 41.3 Å². The van der Waals surface area contributed by atoms with Crippen molar-refractivity contribution in [2.75, 3.05) is 20.1 Å². The van der Waals surface area contributed by atoms with Gasteiger partial charge in [0.2, 0.25) is 0 Å². The Labute approximate surface area is 189 Å². The van der Waals surface area contributed by atoms with Gasteiger partial charge in [0.25, 0.3) is 0 Å². The molecule has 2 fully saturated rings. The summed E-state index contributed by atoms with van der Waals surface area (Å²) in [6.07, 6.45) is 6.77. The summed E-state index contributed by atoms with van der Waals surface area (Å²) < 4.78 is 0. The minimum atomic E-state index is 0. The predicted octanol–water partition coefficient (Wildman–Crippen LogP) is 4.11. The van der Waals surface area contributed by atoms with E-state index < -0.39 is 0 Å². The van der Waals surface area contributed by atoms with Crippen LogP contribution in [0.2, 0.25) is 0 Å². The standard InChI is InChI=1S/C21H29N5S.HI/c1-22-21(25-17-11-12-26(14-17)19-9-5-6-10-19)23-13-18-15-27-20(24-18)16-7-3-2-4-8-16;/h2-4,7-8,15,17,19H,5-6,9-14H2,1H3,(H2,22,23,25);1H. The molecule has 5 nitrogen and oxygen atoms in total. The molecule has 1 aliphatic heterocycles. The maximum absolute atomic E-state index is 4.75. The Morgan fingerprint density at radius 2 is 2.00 bits per heavy atom. The molecule has 2 N–H and O–H groups in total. The zero-order chi connectivity index (χ0) is 18.5. The van der Waals surface area contributed by atoms with Gasteiger partial charge in [-0.05, 0) is 19.3 Å². The molecule has 1 aromatic heterocycles. The number of thiazole rings is 1. The number of aromatic nitrogens is 1. The lowest BCUT2D eigenvalue weighted by Crippen LogP contribution is -2.45. The largest absolute Gasteiger partial charge is 0.352 e. The smallest absolute Gasteiger partial charge is 0.191 e. The third-order valence-corrected chi connectivity index (χ3v) is 6.57. The lowest BCUT2D eigenvalue weighted by Gasteiger charge is -2.24. The number of hydrogen-bond donors (Lipinski definition) is 2. The fraction of sp³-hybridized carbons (Fsp3) is 0.524. The van der Waals surface area contributed by atoms with Crippen LogP contribution in [0.25, 0.3) is 10.6 Å². The second-order valence-electron chi connectivity index (χ2n) is 7.50. The van der Waals surface area contributed by atoms with Gasteiger partial charge in [0.1, 0.15) is 5.01 Å². The summed E-state index contributed by atoms with van der Waals surface area (Å²) in [4.78, 5) is 11.8. The molecule has 1 aliphatic carbocycles. The zero-order valence-corrected chi connectivity index (χ0v) is 19.6. The van der Waals surface area contributed by atoms with Crippen LogP contribution in [-0.2, 0) is 6.54 Å². The summed E-state index contributed by atoms with van der Waals surface area (Å²) in [6.45, 7) is 3.05. The van der Waals surface area contributed by atoms with Gasteiger partial charge in [-0.15, -0.1) is 35.3 Å². The first-order valence-electron chi connectivity index (χ1n) is 10.0. The van der Waals surface area contributed by atoms with Gasteiger partial charge >= 0.3 is 0 Å². The Bertz CT molecular complexity index is 757. The molecule has 2 aliphatic rings. The third-order valence-electron chi connectivity index (χ3n) is 5.63. The third kappa shape index (κ3) is 5.45. The molecule has 7 heteroatoms. The van der Waals surface area contributed by atoms with Crippen LogP contribution in [-0.4, -0.2) is 48.1 Å². The van der Waals surface area contributed by atoms with E-state index >= 15 is 0 Å². The second kappa shape index (κ2) is 10.5. The number of nitrogens with zero attached hydrogens (tertiary/aromatic N) is 3. The maximum Gasteiger partial charge on any atom is 0.191 e. The number of hydrogen-bond acceptors (Lipinski definition) is 4. The van der Waals surface area contributed by atoms with Crippen LogP contribution < -0.4 is 10.6 Å².